The van der Waals surface area contributed by atoms with Crippen molar-refractivity contribution in [3.63, 3.8) is 0 Å². The van der Waals surface area contributed by atoms with Crippen molar-refractivity contribution in [3.05, 3.63) is 11.1 Å². The highest BCUT2D eigenvalue weighted by Crippen LogP contribution is 2.08. The van der Waals surface area contributed by atoms with Gasteiger partial charge >= 0.3 is 0 Å². The van der Waals surface area contributed by atoms with Crippen LogP contribution in [0, 0.1) is 0 Å². The molecule has 5 heteroatoms. The molecule has 0 aromatic rings. The molecule has 1 fully saturated rings. The number of rotatable bonds is 4. The second kappa shape index (κ2) is 5.82. The normalized spacial score (nSPS) is 16.2. The molecule has 0 aromatic heterocycles. The summed E-state index contributed by atoms with van der Waals surface area (Å²) in [6.07, 6.45) is 0. The number of carbonyl (C=O) groups excluding carboxylic acids is 2. The molecule has 2 amide bonds. The number of nitrogens with one attached hydrogen (secondary N) is 3. The number of amides is 2. The minimum absolute atomic E-state index is 0.0807. The minimum atomic E-state index is -0.506. The highest BCUT2D eigenvalue weighted by Gasteiger charge is 2.20. The molecule has 0 saturated carbocycles. The molecule has 1 aliphatic heterocycles. The van der Waals surface area contributed by atoms with Gasteiger partial charge in [0, 0.05) is 24.7 Å². The Balaban J connectivity index is 2.48. The summed E-state index contributed by atoms with van der Waals surface area (Å²) >= 11 is 0. The molecule has 0 aromatic carbocycles. The van der Waals surface area contributed by atoms with Crippen LogP contribution in [0.5, 0.6) is 0 Å². The van der Waals surface area contributed by atoms with Crippen LogP contribution in [0.25, 0.3) is 0 Å². The second-order valence-corrected chi connectivity index (χ2v) is 4.69. The summed E-state index contributed by atoms with van der Waals surface area (Å²) < 4.78 is 0. The van der Waals surface area contributed by atoms with Gasteiger partial charge in [0.05, 0.1) is 0 Å². The number of hydrogen-bond donors (Lipinski definition) is 3. The van der Waals surface area contributed by atoms with Gasteiger partial charge < -0.3 is 16.0 Å². The van der Waals surface area contributed by atoms with Gasteiger partial charge in [0.15, 0.2) is 0 Å². The van der Waals surface area contributed by atoms with E-state index in [9.17, 15) is 9.59 Å². The molecule has 1 saturated heterocycles. The summed E-state index contributed by atoms with van der Waals surface area (Å²) in [5.74, 6) is -0.314. The third-order valence-corrected chi connectivity index (χ3v) is 2.72. The lowest BCUT2D eigenvalue weighted by molar-refractivity contribution is -0.127. The Kier molecular flexibility index (Phi) is 4.69. The maximum atomic E-state index is 11.8. The molecule has 0 spiro atoms. The fraction of sp³-hybridized carbons (Fsp3) is 0.667. The Labute approximate surface area is 102 Å². The first kappa shape index (κ1) is 13.7. The molecule has 5 nitrogen and oxygen atoms in total. The van der Waals surface area contributed by atoms with Crippen LogP contribution in [0.3, 0.4) is 0 Å². The zero-order valence-electron chi connectivity index (χ0n) is 10.9. The van der Waals surface area contributed by atoms with Crippen LogP contribution in [0.15, 0.2) is 11.1 Å². The molecule has 1 heterocycles. The van der Waals surface area contributed by atoms with Crippen molar-refractivity contribution >= 4 is 11.8 Å². The molecule has 3 N–H and O–H groups in total. The van der Waals surface area contributed by atoms with Crippen LogP contribution in [0.2, 0.25) is 0 Å². The summed E-state index contributed by atoms with van der Waals surface area (Å²) in [7, 11) is 0. The highest BCUT2D eigenvalue weighted by molar-refractivity contribution is 5.97. The van der Waals surface area contributed by atoms with Crippen LogP contribution in [0.4, 0.5) is 0 Å². The van der Waals surface area contributed by atoms with E-state index in [1.165, 1.54) is 0 Å². The molecule has 96 valence electrons. The lowest BCUT2D eigenvalue weighted by Gasteiger charge is -2.22. The van der Waals surface area contributed by atoms with E-state index in [1.807, 2.05) is 13.8 Å². The standard InChI is InChI=1S/C12H21N3O2/c1-7(2)14-12(17)9(4)15-11(16)8(3)10-5-13-6-10/h7,9,13H,5-6H2,1-4H3,(H,14,17)(H,15,16). The van der Waals surface area contributed by atoms with Crippen molar-refractivity contribution < 1.29 is 9.59 Å². The van der Waals surface area contributed by atoms with Crippen molar-refractivity contribution in [2.24, 2.45) is 0 Å². The minimum Gasteiger partial charge on any atom is -0.352 e. The molecular weight excluding hydrogens is 218 g/mol. The van der Waals surface area contributed by atoms with Gasteiger partial charge in [-0.25, -0.2) is 0 Å². The van der Waals surface area contributed by atoms with E-state index in [2.05, 4.69) is 16.0 Å². The first-order valence-electron chi connectivity index (χ1n) is 5.92. The van der Waals surface area contributed by atoms with E-state index < -0.39 is 6.04 Å². The van der Waals surface area contributed by atoms with Gasteiger partial charge in [-0.05, 0) is 33.3 Å². The molecular formula is C12H21N3O2. The molecule has 1 atom stereocenters. The lowest BCUT2D eigenvalue weighted by atomic mass is 10.0. The Morgan fingerprint density at radius 3 is 2.18 bits per heavy atom. The largest absolute Gasteiger partial charge is 0.352 e. The van der Waals surface area contributed by atoms with Gasteiger partial charge in [-0.1, -0.05) is 0 Å². The number of carbonyl (C=O) groups is 2. The average Bonchev–Trinajstić information content (AvgIpc) is 2.13. The topological polar surface area (TPSA) is 70.2 Å². The van der Waals surface area contributed by atoms with Crippen molar-refractivity contribution in [1.82, 2.24) is 16.0 Å². The first-order chi connectivity index (χ1) is 7.91. The zero-order chi connectivity index (χ0) is 13.0. The van der Waals surface area contributed by atoms with Crippen LogP contribution in [-0.2, 0) is 9.59 Å². The fourth-order valence-electron chi connectivity index (χ4n) is 1.46. The quantitative estimate of drug-likeness (QED) is 0.602. The van der Waals surface area contributed by atoms with Gasteiger partial charge in [0.2, 0.25) is 11.8 Å². The summed E-state index contributed by atoms with van der Waals surface area (Å²) in [5.41, 5.74) is 1.83. The van der Waals surface area contributed by atoms with Crippen LogP contribution in [-0.4, -0.2) is 37.0 Å². The van der Waals surface area contributed by atoms with E-state index in [4.69, 9.17) is 0 Å². The molecule has 1 rings (SSSR count). The SMILES string of the molecule is CC(C(=O)NC(C)C(=O)NC(C)C)=C1CNC1. The third kappa shape index (κ3) is 3.85. The Hall–Kier alpha value is -1.36. The van der Waals surface area contributed by atoms with Crippen molar-refractivity contribution in [2.75, 3.05) is 13.1 Å². The predicted molar refractivity (Wildman–Crippen MR) is 66.5 cm³/mol. The maximum Gasteiger partial charge on any atom is 0.247 e. The predicted octanol–water partition coefficient (Wildman–Crippen LogP) is -0.0646. The third-order valence-electron chi connectivity index (χ3n) is 2.72. The number of hydrogen-bond acceptors (Lipinski definition) is 3. The van der Waals surface area contributed by atoms with E-state index in [1.54, 1.807) is 13.8 Å². The van der Waals surface area contributed by atoms with E-state index in [-0.39, 0.29) is 17.9 Å². The molecule has 1 aliphatic rings. The zero-order valence-corrected chi connectivity index (χ0v) is 10.9. The Morgan fingerprint density at radius 2 is 1.76 bits per heavy atom. The van der Waals surface area contributed by atoms with Crippen LogP contribution in [0.1, 0.15) is 27.7 Å². The van der Waals surface area contributed by atoms with Crippen molar-refractivity contribution in [3.8, 4) is 0 Å². The maximum absolute atomic E-state index is 11.8. The van der Waals surface area contributed by atoms with E-state index in [0.29, 0.717) is 5.57 Å². The van der Waals surface area contributed by atoms with Crippen molar-refractivity contribution in [2.45, 2.75) is 39.8 Å². The first-order valence-corrected chi connectivity index (χ1v) is 5.92. The van der Waals surface area contributed by atoms with Gasteiger partial charge in [-0.15, -0.1) is 0 Å². The van der Waals surface area contributed by atoms with E-state index >= 15 is 0 Å². The van der Waals surface area contributed by atoms with Crippen molar-refractivity contribution in [1.29, 1.82) is 0 Å². The monoisotopic (exact) mass is 239 g/mol. The molecule has 17 heavy (non-hydrogen) atoms. The van der Waals surface area contributed by atoms with Crippen LogP contribution >= 0.6 is 0 Å². The Morgan fingerprint density at radius 1 is 1.18 bits per heavy atom. The van der Waals surface area contributed by atoms with E-state index in [0.717, 1.165) is 18.7 Å². The van der Waals surface area contributed by atoms with Gasteiger partial charge in [0.1, 0.15) is 6.04 Å². The summed E-state index contributed by atoms with van der Waals surface area (Å²) in [5, 5.41) is 8.54. The van der Waals surface area contributed by atoms with Gasteiger partial charge in [0.25, 0.3) is 0 Å². The highest BCUT2D eigenvalue weighted by atomic mass is 16.2. The molecule has 0 radical (unpaired) electrons. The Bertz CT molecular complexity index is 342. The van der Waals surface area contributed by atoms with Gasteiger partial charge in [-0.3, -0.25) is 9.59 Å². The molecule has 0 bridgehead atoms. The molecule has 1 unspecified atom stereocenters. The summed E-state index contributed by atoms with van der Waals surface area (Å²) in [6, 6.07) is -0.425. The second-order valence-electron chi connectivity index (χ2n) is 4.69. The smallest absolute Gasteiger partial charge is 0.247 e. The van der Waals surface area contributed by atoms with Crippen LogP contribution < -0.4 is 16.0 Å². The summed E-state index contributed by atoms with van der Waals surface area (Å²) in [4.78, 5) is 23.4. The average molecular weight is 239 g/mol. The summed E-state index contributed by atoms with van der Waals surface area (Å²) in [6.45, 7) is 8.79. The fourth-order valence-corrected chi connectivity index (χ4v) is 1.46. The lowest BCUT2D eigenvalue weighted by Crippen LogP contribution is -2.47. The van der Waals surface area contributed by atoms with Gasteiger partial charge in [-0.2, -0.15) is 0 Å². The molecule has 0 aliphatic carbocycles.